The zero-order valence-electron chi connectivity index (χ0n) is 15.5. The van der Waals surface area contributed by atoms with Gasteiger partial charge in [-0.15, -0.1) is 11.3 Å². The van der Waals surface area contributed by atoms with Crippen LogP contribution in [0, 0.1) is 6.92 Å². The summed E-state index contributed by atoms with van der Waals surface area (Å²) in [6.45, 7) is 4.35. The summed E-state index contributed by atoms with van der Waals surface area (Å²) in [6.07, 6.45) is 2.23. The van der Waals surface area contributed by atoms with Crippen LogP contribution >= 0.6 is 22.9 Å². The second-order valence-corrected chi connectivity index (χ2v) is 7.79. The Balaban J connectivity index is 1.71. The Bertz CT molecular complexity index is 1190. The molecule has 142 valence electrons. The highest BCUT2D eigenvalue weighted by Gasteiger charge is 2.15. The lowest BCUT2D eigenvalue weighted by molar-refractivity contribution is 0.303. The minimum absolute atomic E-state index is 0.0745. The van der Waals surface area contributed by atoms with Crippen LogP contribution in [0.5, 0.6) is 5.75 Å². The lowest BCUT2D eigenvalue weighted by Crippen LogP contribution is -2.06. The number of fused-ring (bicyclic) bond motifs is 1. The number of rotatable bonds is 5. The van der Waals surface area contributed by atoms with Crippen LogP contribution < -0.4 is 10.2 Å². The average molecular weight is 412 g/mol. The van der Waals surface area contributed by atoms with Gasteiger partial charge in [-0.2, -0.15) is 0 Å². The van der Waals surface area contributed by atoms with Gasteiger partial charge in [0.05, 0.1) is 10.9 Å². The minimum Gasteiger partial charge on any atom is -0.488 e. The Morgan fingerprint density at radius 3 is 2.68 bits per heavy atom. The first-order valence-corrected chi connectivity index (χ1v) is 10.2. The molecule has 0 bridgehead atoms. The predicted molar refractivity (Wildman–Crippen MR) is 113 cm³/mol. The molecular formula is C22H18ClNO3S. The fraction of sp³-hybridized carbons (Fsp3) is 0.182. The van der Waals surface area contributed by atoms with E-state index in [1.807, 2.05) is 49.6 Å². The van der Waals surface area contributed by atoms with Crippen molar-refractivity contribution in [1.29, 1.82) is 0 Å². The smallest absolute Gasteiger partial charge is 0.202 e. The molecule has 0 amide bonds. The number of benzene rings is 2. The topological polar surface area (TPSA) is 52.3 Å². The summed E-state index contributed by atoms with van der Waals surface area (Å²) in [6, 6.07) is 11.2. The van der Waals surface area contributed by atoms with Crippen molar-refractivity contribution in [3.8, 4) is 16.3 Å². The molecule has 0 N–H and O–H groups in total. The molecule has 4 nitrogen and oxygen atoms in total. The Morgan fingerprint density at radius 1 is 1.21 bits per heavy atom. The highest BCUT2D eigenvalue weighted by molar-refractivity contribution is 7.13. The van der Waals surface area contributed by atoms with E-state index in [2.05, 4.69) is 4.98 Å². The fourth-order valence-corrected chi connectivity index (χ4v) is 3.90. The Hall–Kier alpha value is -2.63. The number of ether oxygens (including phenoxy) is 1. The number of halogens is 1. The maximum atomic E-state index is 13.0. The summed E-state index contributed by atoms with van der Waals surface area (Å²) < 4.78 is 11.8. The van der Waals surface area contributed by atoms with E-state index in [1.165, 1.54) is 17.6 Å². The van der Waals surface area contributed by atoms with Crippen LogP contribution in [0.3, 0.4) is 0 Å². The Labute approximate surface area is 171 Å². The van der Waals surface area contributed by atoms with Crippen LogP contribution in [0.2, 0.25) is 5.02 Å². The van der Waals surface area contributed by atoms with Crippen LogP contribution in [-0.2, 0) is 13.0 Å². The first-order valence-electron chi connectivity index (χ1n) is 8.93. The largest absolute Gasteiger partial charge is 0.488 e. The van der Waals surface area contributed by atoms with Crippen LogP contribution in [0.1, 0.15) is 23.7 Å². The minimum atomic E-state index is -0.0745. The van der Waals surface area contributed by atoms with Crippen molar-refractivity contribution in [2.45, 2.75) is 26.9 Å². The molecule has 4 rings (SSSR count). The summed E-state index contributed by atoms with van der Waals surface area (Å²) in [5.41, 5.74) is 3.78. The van der Waals surface area contributed by atoms with E-state index in [1.54, 1.807) is 6.07 Å². The van der Waals surface area contributed by atoms with Crippen molar-refractivity contribution >= 4 is 33.9 Å². The maximum absolute atomic E-state index is 13.0. The lowest BCUT2D eigenvalue weighted by atomic mass is 10.1. The van der Waals surface area contributed by atoms with E-state index in [0.29, 0.717) is 38.9 Å². The third kappa shape index (κ3) is 3.68. The normalized spacial score (nSPS) is 11.1. The zero-order chi connectivity index (χ0) is 19.7. The Kier molecular flexibility index (Phi) is 5.20. The molecule has 0 radical (unpaired) electrons. The summed E-state index contributed by atoms with van der Waals surface area (Å²) >= 11 is 7.37. The van der Waals surface area contributed by atoms with Crippen molar-refractivity contribution in [1.82, 2.24) is 4.98 Å². The highest BCUT2D eigenvalue weighted by Crippen LogP contribution is 2.29. The van der Waals surface area contributed by atoms with Crippen LogP contribution in [0.25, 0.3) is 21.5 Å². The van der Waals surface area contributed by atoms with Gasteiger partial charge in [-0.05, 0) is 42.7 Å². The molecular weight excluding hydrogens is 394 g/mol. The van der Waals surface area contributed by atoms with E-state index < -0.39 is 0 Å². The van der Waals surface area contributed by atoms with Gasteiger partial charge in [0.1, 0.15) is 29.2 Å². The molecule has 0 aliphatic carbocycles. The van der Waals surface area contributed by atoms with Gasteiger partial charge in [0.25, 0.3) is 0 Å². The summed E-state index contributed by atoms with van der Waals surface area (Å²) in [5.74, 6) is 0.714. The van der Waals surface area contributed by atoms with E-state index in [0.717, 1.165) is 23.2 Å². The van der Waals surface area contributed by atoms with Crippen molar-refractivity contribution in [2.75, 3.05) is 0 Å². The van der Waals surface area contributed by atoms with Gasteiger partial charge in [-0.3, -0.25) is 4.79 Å². The van der Waals surface area contributed by atoms with Gasteiger partial charge in [0.2, 0.25) is 5.43 Å². The third-order valence-electron chi connectivity index (χ3n) is 4.49. The van der Waals surface area contributed by atoms with Crippen LogP contribution in [0.4, 0.5) is 0 Å². The molecule has 2 heterocycles. The first-order chi connectivity index (χ1) is 13.5. The number of aromatic nitrogens is 1. The lowest BCUT2D eigenvalue weighted by Gasteiger charge is -2.12. The van der Waals surface area contributed by atoms with Gasteiger partial charge in [0.15, 0.2) is 0 Å². The molecule has 2 aromatic carbocycles. The zero-order valence-corrected chi connectivity index (χ0v) is 17.1. The number of hydrogen-bond acceptors (Lipinski definition) is 5. The number of hydrogen-bond donors (Lipinski definition) is 0. The summed E-state index contributed by atoms with van der Waals surface area (Å²) in [7, 11) is 0. The highest BCUT2D eigenvalue weighted by atomic mass is 35.5. The van der Waals surface area contributed by atoms with E-state index in [9.17, 15) is 4.79 Å². The monoisotopic (exact) mass is 411 g/mol. The molecule has 0 saturated carbocycles. The van der Waals surface area contributed by atoms with E-state index >= 15 is 0 Å². The predicted octanol–water partition coefficient (Wildman–Crippen LogP) is 6.02. The Morgan fingerprint density at radius 2 is 2.00 bits per heavy atom. The molecule has 0 aliphatic heterocycles. The second-order valence-electron chi connectivity index (χ2n) is 6.50. The molecule has 4 aromatic rings. The SMILES string of the molecule is CCc1cc2c(=O)c(-c3nc(C)cs3)coc2cc1OCc1ccc(Cl)cc1. The quantitative estimate of drug-likeness (QED) is 0.403. The van der Waals surface area contributed by atoms with Gasteiger partial charge >= 0.3 is 0 Å². The van der Waals surface area contributed by atoms with Gasteiger partial charge < -0.3 is 9.15 Å². The summed E-state index contributed by atoms with van der Waals surface area (Å²) in [4.78, 5) is 17.4. The van der Waals surface area contributed by atoms with Gasteiger partial charge in [0, 0.05) is 22.2 Å². The number of nitrogens with zero attached hydrogens (tertiary/aromatic N) is 1. The fourth-order valence-electron chi connectivity index (χ4n) is 2.98. The van der Waals surface area contributed by atoms with Crippen LogP contribution in [-0.4, -0.2) is 4.98 Å². The molecule has 0 fully saturated rings. The van der Waals surface area contributed by atoms with E-state index in [4.69, 9.17) is 20.8 Å². The maximum Gasteiger partial charge on any atom is 0.202 e. The van der Waals surface area contributed by atoms with Crippen LogP contribution in [0.15, 0.2) is 57.3 Å². The molecule has 0 aliphatic rings. The molecule has 0 saturated heterocycles. The van der Waals surface area contributed by atoms with Gasteiger partial charge in [-0.1, -0.05) is 30.7 Å². The summed E-state index contributed by atoms with van der Waals surface area (Å²) in [5, 5.41) is 3.83. The van der Waals surface area contributed by atoms with Crippen molar-refractivity contribution in [2.24, 2.45) is 0 Å². The molecule has 6 heteroatoms. The molecule has 0 spiro atoms. The standard InChI is InChI=1S/C22H18ClNO3S/c1-3-15-8-17-20(9-19(15)26-10-14-4-6-16(23)7-5-14)27-11-18(21(17)25)22-24-13(2)12-28-22/h4-9,11-12H,3,10H2,1-2H3. The van der Waals surface area contributed by atoms with Crippen molar-refractivity contribution < 1.29 is 9.15 Å². The molecule has 28 heavy (non-hydrogen) atoms. The second kappa shape index (κ2) is 7.78. The molecule has 2 aromatic heterocycles. The number of thiazole rings is 1. The first kappa shape index (κ1) is 18.7. The van der Waals surface area contributed by atoms with Gasteiger partial charge in [-0.25, -0.2) is 4.98 Å². The van der Waals surface area contributed by atoms with Crippen molar-refractivity contribution in [3.05, 3.63) is 80.1 Å². The number of aryl methyl sites for hydroxylation is 2. The molecule has 0 unspecified atom stereocenters. The average Bonchev–Trinajstić information content (AvgIpc) is 3.13. The molecule has 0 atom stereocenters. The van der Waals surface area contributed by atoms with Crippen molar-refractivity contribution in [3.63, 3.8) is 0 Å². The van der Waals surface area contributed by atoms with E-state index in [-0.39, 0.29) is 5.43 Å². The third-order valence-corrected chi connectivity index (χ3v) is 5.74.